The van der Waals surface area contributed by atoms with Gasteiger partial charge < -0.3 is 0 Å². The van der Waals surface area contributed by atoms with E-state index in [1.54, 1.807) is 0 Å². The van der Waals surface area contributed by atoms with Gasteiger partial charge in [0.1, 0.15) is 0 Å². The van der Waals surface area contributed by atoms with Crippen LogP contribution in [0.3, 0.4) is 0 Å². The van der Waals surface area contributed by atoms with Crippen LogP contribution in [0.15, 0.2) is 24.3 Å². The number of carbonyl (C=O) groups is 1. The third-order valence-electron chi connectivity index (χ3n) is 2.35. The van der Waals surface area contributed by atoms with Crippen LogP contribution in [0.4, 0.5) is 0 Å². The fraction of sp³-hybridized carbons (Fsp3) is 0.364. The maximum absolute atomic E-state index is 11.0. The van der Waals surface area contributed by atoms with Gasteiger partial charge in [0.15, 0.2) is 0 Å². The van der Waals surface area contributed by atoms with Crippen molar-refractivity contribution in [2.24, 2.45) is 0 Å². The molecule has 0 aliphatic carbocycles. The monoisotopic (exact) mass is 339 g/mol. The first-order valence-electron chi connectivity index (χ1n) is 4.92. The molecule has 0 saturated carbocycles. The molecule has 1 atom stereocenters. The summed E-state index contributed by atoms with van der Waals surface area (Å²) in [5.41, 5.74) is 0. The number of amides is 1. The molecule has 0 aromatic heterocycles. The Labute approximate surface area is 104 Å². The van der Waals surface area contributed by atoms with Crippen molar-refractivity contribution in [1.82, 2.24) is 5.32 Å². The standard InChI is InChI=1S/C11H12ClNOTe/c12-8-1-4-10(5-2-8)15-7-9-3-6-11(14)13-9/h1-2,4-5,9H,3,6-7H2,(H,13,14)/t9-/m0/s1. The number of nitrogens with one attached hydrogen (secondary N) is 1. The Morgan fingerprint density at radius 2 is 2.13 bits per heavy atom. The molecule has 2 rings (SSSR count). The van der Waals surface area contributed by atoms with Crippen LogP contribution >= 0.6 is 11.6 Å². The molecule has 1 saturated heterocycles. The first kappa shape index (κ1) is 11.3. The first-order valence-corrected chi connectivity index (χ1v) is 8.11. The van der Waals surface area contributed by atoms with Crippen molar-refractivity contribution >= 4 is 42.0 Å². The second-order valence-corrected chi connectivity index (χ2v) is 7.13. The van der Waals surface area contributed by atoms with Crippen LogP contribution in [0.1, 0.15) is 12.8 Å². The van der Waals surface area contributed by atoms with E-state index in [9.17, 15) is 4.79 Å². The predicted molar refractivity (Wildman–Crippen MR) is 62.8 cm³/mol. The number of hydrogen-bond donors (Lipinski definition) is 1. The second-order valence-electron chi connectivity index (χ2n) is 3.57. The number of halogens is 1. The summed E-state index contributed by atoms with van der Waals surface area (Å²) in [6, 6.07) is 8.50. The summed E-state index contributed by atoms with van der Waals surface area (Å²) in [7, 11) is 0. The van der Waals surface area contributed by atoms with Crippen molar-refractivity contribution in [2.75, 3.05) is 0 Å². The molecule has 0 bridgehead atoms. The van der Waals surface area contributed by atoms with Crippen molar-refractivity contribution in [2.45, 2.75) is 23.4 Å². The van der Waals surface area contributed by atoms with Crippen LogP contribution in [0.5, 0.6) is 0 Å². The molecule has 1 aliphatic heterocycles. The van der Waals surface area contributed by atoms with Gasteiger partial charge >= 0.3 is 105 Å². The van der Waals surface area contributed by atoms with Crippen LogP contribution in [-0.4, -0.2) is 32.9 Å². The molecular weight excluding hydrogens is 325 g/mol. The molecular formula is C11H12ClNOTe. The van der Waals surface area contributed by atoms with Crippen LogP contribution in [0, 0.1) is 0 Å². The molecule has 1 fully saturated rings. The van der Waals surface area contributed by atoms with E-state index in [0.29, 0.717) is 12.5 Å². The third-order valence-corrected chi connectivity index (χ3v) is 5.95. The summed E-state index contributed by atoms with van der Waals surface area (Å²) >= 11 is 5.64. The molecule has 1 aromatic carbocycles. The van der Waals surface area contributed by atoms with Gasteiger partial charge in [0.2, 0.25) is 0 Å². The zero-order valence-corrected chi connectivity index (χ0v) is 11.3. The molecule has 1 N–H and O–H groups in total. The van der Waals surface area contributed by atoms with E-state index >= 15 is 0 Å². The molecule has 15 heavy (non-hydrogen) atoms. The Bertz CT molecular complexity index is 352. The number of hydrogen-bond acceptors (Lipinski definition) is 1. The molecule has 1 aromatic rings. The third kappa shape index (κ3) is 3.38. The summed E-state index contributed by atoms with van der Waals surface area (Å²) in [6.07, 6.45) is 1.72. The molecule has 1 heterocycles. The van der Waals surface area contributed by atoms with Crippen LogP contribution in [0.25, 0.3) is 0 Å². The van der Waals surface area contributed by atoms with Gasteiger partial charge in [-0.1, -0.05) is 0 Å². The molecule has 1 aliphatic rings. The Hall–Kier alpha value is -0.230. The topological polar surface area (TPSA) is 29.1 Å². The van der Waals surface area contributed by atoms with Gasteiger partial charge in [-0.2, -0.15) is 0 Å². The quantitative estimate of drug-likeness (QED) is 0.830. The molecule has 80 valence electrons. The average Bonchev–Trinajstić information content (AvgIpc) is 2.64. The molecule has 0 spiro atoms. The van der Waals surface area contributed by atoms with Gasteiger partial charge in [-0.3, -0.25) is 0 Å². The predicted octanol–water partition coefficient (Wildman–Crippen LogP) is 1.37. The van der Waals surface area contributed by atoms with Crippen molar-refractivity contribution in [3.05, 3.63) is 29.3 Å². The van der Waals surface area contributed by atoms with E-state index in [0.717, 1.165) is 15.9 Å². The van der Waals surface area contributed by atoms with E-state index in [1.165, 1.54) is 3.61 Å². The second kappa shape index (κ2) is 5.20. The van der Waals surface area contributed by atoms with Crippen LogP contribution < -0.4 is 8.93 Å². The van der Waals surface area contributed by atoms with Crippen LogP contribution in [0.2, 0.25) is 9.49 Å². The summed E-state index contributed by atoms with van der Waals surface area (Å²) in [4.78, 5) is 11.0. The van der Waals surface area contributed by atoms with Gasteiger partial charge in [-0.05, 0) is 0 Å². The fourth-order valence-corrected chi connectivity index (χ4v) is 4.43. The van der Waals surface area contributed by atoms with Crippen molar-refractivity contribution < 1.29 is 4.79 Å². The van der Waals surface area contributed by atoms with Crippen molar-refractivity contribution in [1.29, 1.82) is 0 Å². The van der Waals surface area contributed by atoms with Crippen molar-refractivity contribution in [3.8, 4) is 0 Å². The molecule has 2 nitrogen and oxygen atoms in total. The summed E-state index contributed by atoms with van der Waals surface area (Å²) in [5, 5.41) is 3.80. The maximum atomic E-state index is 11.0. The zero-order valence-electron chi connectivity index (χ0n) is 8.20. The number of rotatable bonds is 3. The van der Waals surface area contributed by atoms with Gasteiger partial charge in [-0.15, -0.1) is 0 Å². The van der Waals surface area contributed by atoms with E-state index in [2.05, 4.69) is 17.4 Å². The van der Waals surface area contributed by atoms with Gasteiger partial charge in [0, 0.05) is 0 Å². The molecule has 4 heteroatoms. The van der Waals surface area contributed by atoms with Crippen molar-refractivity contribution in [3.63, 3.8) is 0 Å². The van der Waals surface area contributed by atoms with Gasteiger partial charge in [-0.25, -0.2) is 0 Å². The van der Waals surface area contributed by atoms with Crippen LogP contribution in [-0.2, 0) is 4.79 Å². The van der Waals surface area contributed by atoms with E-state index < -0.39 is 0 Å². The summed E-state index contributed by atoms with van der Waals surface area (Å²) < 4.78 is 2.56. The SMILES string of the molecule is O=C1CC[C@@H](C[Te]c2ccc(Cl)cc2)N1. The normalized spacial score (nSPS) is 20.3. The molecule has 0 radical (unpaired) electrons. The fourth-order valence-electron chi connectivity index (χ4n) is 1.53. The van der Waals surface area contributed by atoms with Gasteiger partial charge in [0.25, 0.3) is 0 Å². The Balaban J connectivity index is 1.83. The number of carbonyl (C=O) groups excluding carboxylic acids is 1. The minimum atomic E-state index is -0.173. The van der Waals surface area contributed by atoms with Gasteiger partial charge in [0.05, 0.1) is 0 Å². The average molecular weight is 337 g/mol. The van der Waals surface area contributed by atoms with E-state index in [1.807, 2.05) is 12.1 Å². The summed E-state index contributed by atoms with van der Waals surface area (Å²) in [6.45, 7) is 0. The first-order chi connectivity index (χ1) is 7.24. The Morgan fingerprint density at radius 3 is 2.73 bits per heavy atom. The Morgan fingerprint density at radius 1 is 1.40 bits per heavy atom. The summed E-state index contributed by atoms with van der Waals surface area (Å²) in [5.74, 6) is 0.212. The molecule has 0 unspecified atom stereocenters. The van der Waals surface area contributed by atoms with E-state index in [-0.39, 0.29) is 26.8 Å². The molecule has 1 amide bonds. The Kier molecular flexibility index (Phi) is 3.91. The number of benzene rings is 1. The minimum absolute atomic E-state index is 0.173. The zero-order chi connectivity index (χ0) is 10.7. The van der Waals surface area contributed by atoms with E-state index in [4.69, 9.17) is 11.6 Å².